The number of hydrogen-bond acceptors (Lipinski definition) is 2. The van der Waals surface area contributed by atoms with Crippen LogP contribution >= 0.6 is 23.2 Å². The third kappa shape index (κ3) is 5.70. The van der Waals surface area contributed by atoms with Gasteiger partial charge in [-0.1, -0.05) is 30.1 Å². The molecule has 0 aromatic heterocycles. The van der Waals surface area contributed by atoms with E-state index in [-0.39, 0.29) is 5.75 Å². The van der Waals surface area contributed by atoms with Crippen LogP contribution in [0.2, 0.25) is 10.0 Å². The minimum absolute atomic E-state index is 0.129. The molecule has 1 fully saturated rings. The molecule has 0 saturated carbocycles. The van der Waals surface area contributed by atoms with Crippen LogP contribution in [0.3, 0.4) is 0 Å². The fourth-order valence-corrected chi connectivity index (χ4v) is 2.12. The second-order valence-corrected chi connectivity index (χ2v) is 5.25. The molecule has 1 aromatic rings. The number of phenols is 1. The van der Waals surface area contributed by atoms with Gasteiger partial charge in [0.1, 0.15) is 5.75 Å². The van der Waals surface area contributed by atoms with Gasteiger partial charge in [0.05, 0.1) is 10.0 Å². The SMILES string of the molecule is CCCC(=O)N1CCCC1.Oc1ccc(Cl)c(Cl)c1. The monoisotopic (exact) mass is 303 g/mol. The van der Waals surface area contributed by atoms with Crippen LogP contribution in [0.25, 0.3) is 0 Å². The van der Waals surface area contributed by atoms with Crippen molar-refractivity contribution in [3.05, 3.63) is 28.2 Å². The van der Waals surface area contributed by atoms with Crippen molar-refractivity contribution in [3.63, 3.8) is 0 Å². The molecule has 1 N–H and O–H groups in total. The third-order valence-electron chi connectivity index (χ3n) is 2.83. The Labute approximate surface area is 124 Å². The molecule has 0 spiro atoms. The van der Waals surface area contributed by atoms with Gasteiger partial charge in [-0.2, -0.15) is 0 Å². The first kappa shape index (κ1) is 16.1. The van der Waals surface area contributed by atoms with Gasteiger partial charge < -0.3 is 10.0 Å². The summed E-state index contributed by atoms with van der Waals surface area (Å²) in [5.41, 5.74) is 0. The van der Waals surface area contributed by atoms with Crippen molar-refractivity contribution >= 4 is 29.1 Å². The Bertz CT molecular complexity index is 418. The van der Waals surface area contributed by atoms with Gasteiger partial charge in [0.2, 0.25) is 5.91 Å². The van der Waals surface area contributed by atoms with Gasteiger partial charge in [0.15, 0.2) is 0 Å². The van der Waals surface area contributed by atoms with E-state index in [9.17, 15) is 4.79 Å². The molecule has 1 heterocycles. The summed E-state index contributed by atoms with van der Waals surface area (Å²) in [6, 6.07) is 4.41. The Morgan fingerprint density at radius 3 is 2.37 bits per heavy atom. The highest BCUT2D eigenvalue weighted by molar-refractivity contribution is 6.42. The van der Waals surface area contributed by atoms with Crippen LogP contribution in [0, 0.1) is 0 Å². The van der Waals surface area contributed by atoms with E-state index in [0.29, 0.717) is 16.0 Å². The Morgan fingerprint density at radius 2 is 1.89 bits per heavy atom. The van der Waals surface area contributed by atoms with E-state index in [0.717, 1.165) is 25.9 Å². The number of amides is 1. The van der Waals surface area contributed by atoms with E-state index in [4.69, 9.17) is 28.3 Å². The van der Waals surface area contributed by atoms with E-state index in [2.05, 4.69) is 0 Å². The van der Waals surface area contributed by atoms with E-state index >= 15 is 0 Å². The van der Waals surface area contributed by atoms with Gasteiger partial charge in [-0.15, -0.1) is 0 Å². The van der Waals surface area contributed by atoms with Crippen LogP contribution < -0.4 is 0 Å². The molecule has 1 amide bonds. The van der Waals surface area contributed by atoms with Gasteiger partial charge in [-0.05, 0) is 37.5 Å². The number of aromatic hydroxyl groups is 1. The first-order valence-electron chi connectivity index (χ1n) is 6.46. The maximum absolute atomic E-state index is 11.2. The first-order chi connectivity index (χ1) is 9.04. The predicted molar refractivity (Wildman–Crippen MR) is 78.8 cm³/mol. The van der Waals surface area contributed by atoms with Crippen molar-refractivity contribution in [2.75, 3.05) is 13.1 Å². The molecule has 0 unspecified atom stereocenters. The quantitative estimate of drug-likeness (QED) is 0.893. The zero-order valence-corrected chi connectivity index (χ0v) is 12.5. The van der Waals surface area contributed by atoms with Crippen LogP contribution in [0.4, 0.5) is 0 Å². The zero-order chi connectivity index (χ0) is 14.3. The summed E-state index contributed by atoms with van der Waals surface area (Å²) in [6.45, 7) is 4.05. The smallest absolute Gasteiger partial charge is 0.222 e. The number of likely N-dealkylation sites (tertiary alicyclic amines) is 1. The average molecular weight is 304 g/mol. The van der Waals surface area contributed by atoms with Crippen molar-refractivity contribution in [2.45, 2.75) is 32.6 Å². The van der Waals surface area contributed by atoms with Crippen LogP contribution in [0.1, 0.15) is 32.6 Å². The average Bonchev–Trinajstić information content (AvgIpc) is 2.89. The first-order valence-corrected chi connectivity index (χ1v) is 7.22. The second kappa shape index (κ2) is 8.28. The van der Waals surface area contributed by atoms with Crippen molar-refractivity contribution in [3.8, 4) is 5.75 Å². The predicted octanol–water partition coefficient (Wildman–Crippen LogP) is 4.11. The molecule has 5 heteroatoms. The Kier molecular flexibility index (Phi) is 7.03. The van der Waals surface area contributed by atoms with Crippen LogP contribution in [-0.2, 0) is 4.79 Å². The Morgan fingerprint density at radius 1 is 1.26 bits per heavy atom. The van der Waals surface area contributed by atoms with Gasteiger partial charge in [0.25, 0.3) is 0 Å². The van der Waals surface area contributed by atoms with Gasteiger partial charge in [-0.3, -0.25) is 4.79 Å². The summed E-state index contributed by atoms with van der Waals surface area (Å²) in [6.07, 6.45) is 4.13. The molecule has 0 atom stereocenters. The number of rotatable bonds is 2. The summed E-state index contributed by atoms with van der Waals surface area (Å²) in [4.78, 5) is 13.1. The fourth-order valence-electron chi connectivity index (χ4n) is 1.82. The molecular weight excluding hydrogens is 285 g/mol. The number of phenolic OH excluding ortho intramolecular Hbond substituents is 1. The largest absolute Gasteiger partial charge is 0.508 e. The normalized spacial score (nSPS) is 13.9. The maximum Gasteiger partial charge on any atom is 0.222 e. The molecule has 0 radical (unpaired) electrons. The lowest BCUT2D eigenvalue weighted by molar-refractivity contribution is -0.130. The summed E-state index contributed by atoms with van der Waals surface area (Å²) in [5, 5.41) is 9.62. The lowest BCUT2D eigenvalue weighted by Crippen LogP contribution is -2.26. The fraction of sp³-hybridized carbons (Fsp3) is 0.500. The molecule has 0 aliphatic carbocycles. The topological polar surface area (TPSA) is 40.5 Å². The number of benzene rings is 1. The molecule has 0 bridgehead atoms. The van der Waals surface area contributed by atoms with Crippen molar-refractivity contribution in [1.29, 1.82) is 0 Å². The number of hydrogen-bond donors (Lipinski definition) is 1. The number of carbonyl (C=O) groups excluding carboxylic acids is 1. The highest BCUT2D eigenvalue weighted by Gasteiger charge is 2.15. The van der Waals surface area contributed by atoms with E-state index in [1.807, 2.05) is 11.8 Å². The third-order valence-corrected chi connectivity index (χ3v) is 3.56. The summed E-state index contributed by atoms with van der Waals surface area (Å²) < 4.78 is 0. The molecule has 19 heavy (non-hydrogen) atoms. The number of halogens is 2. The summed E-state index contributed by atoms with van der Waals surface area (Å²) in [7, 11) is 0. The van der Waals surface area contributed by atoms with Crippen molar-refractivity contribution < 1.29 is 9.90 Å². The maximum atomic E-state index is 11.2. The van der Waals surface area contributed by atoms with Crippen molar-refractivity contribution in [2.24, 2.45) is 0 Å². The molecule has 2 rings (SSSR count). The lowest BCUT2D eigenvalue weighted by atomic mass is 10.3. The minimum Gasteiger partial charge on any atom is -0.508 e. The molecule has 1 aliphatic heterocycles. The zero-order valence-electron chi connectivity index (χ0n) is 11.0. The van der Waals surface area contributed by atoms with E-state index in [1.165, 1.54) is 25.0 Å². The van der Waals surface area contributed by atoms with E-state index < -0.39 is 0 Å². The molecular formula is C14H19Cl2NO2. The van der Waals surface area contributed by atoms with E-state index in [1.54, 1.807) is 6.07 Å². The van der Waals surface area contributed by atoms with Gasteiger partial charge in [0, 0.05) is 19.5 Å². The minimum atomic E-state index is 0.129. The van der Waals surface area contributed by atoms with Crippen LogP contribution in [-0.4, -0.2) is 29.0 Å². The second-order valence-electron chi connectivity index (χ2n) is 4.44. The number of carbonyl (C=O) groups is 1. The Balaban J connectivity index is 0.000000191. The highest BCUT2D eigenvalue weighted by atomic mass is 35.5. The number of nitrogens with zero attached hydrogens (tertiary/aromatic N) is 1. The standard InChI is InChI=1S/C8H15NO.C6H4Cl2O/c1-2-5-8(10)9-6-3-4-7-9;7-5-2-1-4(9)3-6(5)8/h2-7H2,1H3;1-3,9H. The van der Waals surface area contributed by atoms with Crippen molar-refractivity contribution in [1.82, 2.24) is 4.90 Å². The summed E-state index contributed by atoms with van der Waals surface area (Å²) in [5.74, 6) is 0.476. The van der Waals surface area contributed by atoms with Gasteiger partial charge >= 0.3 is 0 Å². The molecule has 106 valence electrons. The lowest BCUT2D eigenvalue weighted by Gasteiger charge is -2.13. The molecule has 1 aliphatic rings. The molecule has 3 nitrogen and oxygen atoms in total. The Hall–Kier alpha value is -0.930. The highest BCUT2D eigenvalue weighted by Crippen LogP contribution is 2.25. The molecule has 1 aromatic carbocycles. The molecule has 1 saturated heterocycles. The van der Waals surface area contributed by atoms with Crippen LogP contribution in [0.15, 0.2) is 18.2 Å². The van der Waals surface area contributed by atoms with Crippen LogP contribution in [0.5, 0.6) is 5.75 Å². The van der Waals surface area contributed by atoms with Gasteiger partial charge in [-0.25, -0.2) is 0 Å². The summed E-state index contributed by atoms with van der Waals surface area (Å²) >= 11 is 11.1.